The van der Waals surface area contributed by atoms with Crippen LogP contribution in [-0.4, -0.2) is 20.4 Å². The summed E-state index contributed by atoms with van der Waals surface area (Å²) >= 11 is 5.75. The SMILES string of the molecule is Cc1c(-c2ncc[nH]2)n(CCCCCCCl)c2ccccc12. The van der Waals surface area contributed by atoms with E-state index in [1.165, 1.54) is 41.4 Å². The van der Waals surface area contributed by atoms with Crippen molar-refractivity contribution in [2.75, 3.05) is 5.88 Å². The molecule has 2 heterocycles. The van der Waals surface area contributed by atoms with Gasteiger partial charge in [-0.05, 0) is 31.4 Å². The molecule has 0 spiro atoms. The molecule has 0 radical (unpaired) electrons. The van der Waals surface area contributed by atoms with Crippen molar-refractivity contribution in [3.05, 3.63) is 42.2 Å². The van der Waals surface area contributed by atoms with Crippen LogP contribution in [0.2, 0.25) is 0 Å². The Balaban J connectivity index is 1.94. The van der Waals surface area contributed by atoms with Gasteiger partial charge in [0.25, 0.3) is 0 Å². The number of nitrogens with zero attached hydrogens (tertiary/aromatic N) is 2. The lowest BCUT2D eigenvalue weighted by molar-refractivity contribution is 0.596. The number of unbranched alkanes of at least 4 members (excludes halogenated alkanes) is 3. The van der Waals surface area contributed by atoms with Gasteiger partial charge in [0.15, 0.2) is 5.82 Å². The average molecular weight is 316 g/mol. The Bertz CT molecular complexity index is 728. The number of aryl methyl sites for hydroxylation is 2. The third-order valence-corrected chi connectivity index (χ3v) is 4.48. The van der Waals surface area contributed by atoms with E-state index in [0.29, 0.717) is 0 Å². The molecular formula is C18H22ClN3. The van der Waals surface area contributed by atoms with E-state index in [0.717, 1.165) is 24.7 Å². The van der Waals surface area contributed by atoms with Gasteiger partial charge in [-0.15, -0.1) is 11.6 Å². The van der Waals surface area contributed by atoms with Gasteiger partial charge in [-0.1, -0.05) is 31.0 Å². The predicted molar refractivity (Wildman–Crippen MR) is 93.4 cm³/mol. The van der Waals surface area contributed by atoms with E-state index in [2.05, 4.69) is 45.7 Å². The number of hydrogen-bond donors (Lipinski definition) is 1. The van der Waals surface area contributed by atoms with E-state index in [1.54, 1.807) is 0 Å². The number of nitrogens with one attached hydrogen (secondary N) is 1. The van der Waals surface area contributed by atoms with Crippen molar-refractivity contribution in [1.29, 1.82) is 0 Å². The first kappa shape index (κ1) is 15.2. The van der Waals surface area contributed by atoms with Crippen LogP contribution < -0.4 is 0 Å². The Morgan fingerprint density at radius 3 is 2.73 bits per heavy atom. The Kier molecular flexibility index (Phi) is 4.84. The molecule has 0 aliphatic heterocycles. The molecule has 0 amide bonds. The second-order valence-electron chi connectivity index (χ2n) is 5.68. The Morgan fingerprint density at radius 1 is 1.14 bits per heavy atom. The van der Waals surface area contributed by atoms with Crippen LogP contribution >= 0.6 is 11.6 Å². The fourth-order valence-corrected chi connectivity index (χ4v) is 3.32. The van der Waals surface area contributed by atoms with Gasteiger partial charge in [0.1, 0.15) is 0 Å². The van der Waals surface area contributed by atoms with E-state index in [4.69, 9.17) is 11.6 Å². The molecule has 0 atom stereocenters. The smallest absolute Gasteiger partial charge is 0.154 e. The van der Waals surface area contributed by atoms with Gasteiger partial charge in [0.2, 0.25) is 0 Å². The molecule has 0 unspecified atom stereocenters. The Hall–Kier alpha value is -1.74. The van der Waals surface area contributed by atoms with Crippen molar-refractivity contribution in [2.45, 2.75) is 39.2 Å². The molecule has 2 aromatic heterocycles. The van der Waals surface area contributed by atoms with Crippen LogP contribution in [0.5, 0.6) is 0 Å². The molecule has 0 fully saturated rings. The van der Waals surface area contributed by atoms with Crippen molar-refractivity contribution >= 4 is 22.5 Å². The number of aromatic nitrogens is 3. The summed E-state index contributed by atoms with van der Waals surface area (Å²) in [7, 11) is 0. The zero-order chi connectivity index (χ0) is 15.4. The highest BCUT2D eigenvalue weighted by molar-refractivity contribution is 6.17. The molecule has 4 heteroatoms. The molecule has 116 valence electrons. The zero-order valence-corrected chi connectivity index (χ0v) is 13.7. The van der Waals surface area contributed by atoms with Gasteiger partial charge < -0.3 is 9.55 Å². The highest BCUT2D eigenvalue weighted by Gasteiger charge is 2.16. The molecule has 3 aromatic rings. The lowest BCUT2D eigenvalue weighted by atomic mass is 10.1. The predicted octanol–water partition coefficient (Wildman–Crippen LogP) is 5.14. The van der Waals surface area contributed by atoms with Crippen LogP contribution in [0.3, 0.4) is 0 Å². The number of hydrogen-bond acceptors (Lipinski definition) is 1. The van der Waals surface area contributed by atoms with E-state index >= 15 is 0 Å². The van der Waals surface area contributed by atoms with E-state index < -0.39 is 0 Å². The molecule has 0 aliphatic carbocycles. The third-order valence-electron chi connectivity index (χ3n) is 4.21. The molecule has 1 N–H and O–H groups in total. The van der Waals surface area contributed by atoms with E-state index in [9.17, 15) is 0 Å². The first-order valence-corrected chi connectivity index (χ1v) is 8.50. The number of alkyl halides is 1. The van der Waals surface area contributed by atoms with Crippen molar-refractivity contribution in [3.63, 3.8) is 0 Å². The summed E-state index contributed by atoms with van der Waals surface area (Å²) in [5.74, 6) is 1.72. The number of para-hydroxylation sites is 1. The van der Waals surface area contributed by atoms with Crippen LogP contribution in [0.4, 0.5) is 0 Å². The Morgan fingerprint density at radius 2 is 1.95 bits per heavy atom. The number of fused-ring (bicyclic) bond motifs is 1. The van der Waals surface area contributed by atoms with Gasteiger partial charge in [-0.3, -0.25) is 0 Å². The topological polar surface area (TPSA) is 33.6 Å². The summed E-state index contributed by atoms with van der Waals surface area (Å²) in [4.78, 5) is 7.72. The molecule has 22 heavy (non-hydrogen) atoms. The first-order valence-electron chi connectivity index (χ1n) is 7.96. The lowest BCUT2D eigenvalue weighted by Gasteiger charge is -2.10. The quantitative estimate of drug-likeness (QED) is 0.475. The highest BCUT2D eigenvalue weighted by Crippen LogP contribution is 2.31. The molecule has 0 saturated carbocycles. The molecule has 0 aliphatic rings. The normalized spacial score (nSPS) is 11.4. The van der Waals surface area contributed by atoms with Crippen molar-refractivity contribution in [3.8, 4) is 11.5 Å². The minimum atomic E-state index is 0.767. The molecule has 0 bridgehead atoms. The summed E-state index contributed by atoms with van der Waals surface area (Å²) in [6.07, 6.45) is 8.41. The maximum absolute atomic E-state index is 5.75. The number of imidazole rings is 1. The van der Waals surface area contributed by atoms with Gasteiger partial charge in [0, 0.05) is 35.7 Å². The van der Waals surface area contributed by atoms with Crippen LogP contribution in [0.25, 0.3) is 22.4 Å². The fraction of sp³-hybridized carbons (Fsp3) is 0.389. The van der Waals surface area contributed by atoms with E-state index in [1.807, 2.05) is 12.4 Å². The summed E-state index contributed by atoms with van der Waals surface area (Å²) in [6.45, 7) is 3.21. The second-order valence-corrected chi connectivity index (χ2v) is 6.06. The maximum Gasteiger partial charge on any atom is 0.154 e. The molecule has 0 saturated heterocycles. The number of benzene rings is 1. The number of aromatic amines is 1. The molecule has 3 rings (SSSR count). The second kappa shape index (κ2) is 7.01. The minimum absolute atomic E-state index is 0.767. The molecule has 3 nitrogen and oxygen atoms in total. The van der Waals surface area contributed by atoms with Crippen molar-refractivity contribution < 1.29 is 0 Å². The lowest BCUT2D eigenvalue weighted by Crippen LogP contribution is -2.02. The summed E-state index contributed by atoms with van der Waals surface area (Å²) in [5.41, 5.74) is 3.80. The van der Waals surface area contributed by atoms with Gasteiger partial charge in [-0.25, -0.2) is 4.98 Å². The van der Waals surface area contributed by atoms with Gasteiger partial charge >= 0.3 is 0 Å². The Labute approximate surface area is 136 Å². The summed E-state index contributed by atoms with van der Waals surface area (Å²) in [6, 6.07) is 8.61. The monoisotopic (exact) mass is 315 g/mol. The molecular weight excluding hydrogens is 294 g/mol. The minimum Gasteiger partial charge on any atom is -0.343 e. The average Bonchev–Trinajstić information content (AvgIpc) is 3.15. The number of rotatable bonds is 7. The zero-order valence-electron chi connectivity index (χ0n) is 13.0. The summed E-state index contributed by atoms with van der Waals surface area (Å²) in [5, 5.41) is 1.31. The summed E-state index contributed by atoms with van der Waals surface area (Å²) < 4.78 is 2.41. The van der Waals surface area contributed by atoms with E-state index in [-0.39, 0.29) is 0 Å². The van der Waals surface area contributed by atoms with Gasteiger partial charge in [-0.2, -0.15) is 0 Å². The van der Waals surface area contributed by atoms with Crippen LogP contribution in [0.1, 0.15) is 31.2 Å². The van der Waals surface area contributed by atoms with Crippen LogP contribution in [0, 0.1) is 6.92 Å². The van der Waals surface area contributed by atoms with Crippen LogP contribution in [0.15, 0.2) is 36.7 Å². The van der Waals surface area contributed by atoms with Crippen molar-refractivity contribution in [2.24, 2.45) is 0 Å². The number of H-pyrrole nitrogens is 1. The largest absolute Gasteiger partial charge is 0.343 e. The maximum atomic E-state index is 5.75. The first-order chi connectivity index (χ1) is 10.8. The third kappa shape index (κ3) is 2.91. The standard InChI is InChI=1S/C18H22ClN3/c1-14-15-8-4-5-9-16(15)22(13-7-3-2-6-10-19)17(14)18-20-11-12-21-18/h4-5,8-9,11-12H,2-3,6-7,10,13H2,1H3,(H,20,21). The fourth-order valence-electron chi connectivity index (χ4n) is 3.13. The highest BCUT2D eigenvalue weighted by atomic mass is 35.5. The van der Waals surface area contributed by atoms with Crippen molar-refractivity contribution in [1.82, 2.24) is 14.5 Å². The van der Waals surface area contributed by atoms with Gasteiger partial charge in [0.05, 0.1) is 5.69 Å². The van der Waals surface area contributed by atoms with Crippen LogP contribution in [-0.2, 0) is 6.54 Å². The molecule has 1 aromatic carbocycles. The number of halogens is 1.